The van der Waals surface area contributed by atoms with E-state index in [0.29, 0.717) is 31.1 Å². The van der Waals surface area contributed by atoms with Crippen LogP contribution >= 0.6 is 0 Å². The molecule has 2 aliphatic heterocycles. The standard InChI is InChI=1S/C24H34N4O4S/c1-3-32-22-12-11-19(17-23(22)33(30,31)28-15-5-4-6-16-28)25-24(29)18-27-14-8-10-21(27)20-9-7-13-26(20)2/h7,9,11-13,17,21H,3-6,8,10,14-16,18H2,1-2H3,(H,25,29). The number of nitrogens with one attached hydrogen (secondary N) is 1. The van der Waals surface area contributed by atoms with E-state index in [1.807, 2.05) is 26.2 Å². The SMILES string of the molecule is CCOc1ccc(NC(=O)CN2CCCC2c2cccn2C)cc1S(=O)(=O)N1CCCCC1. The minimum Gasteiger partial charge on any atom is -0.492 e. The zero-order valence-electron chi connectivity index (χ0n) is 19.5. The summed E-state index contributed by atoms with van der Waals surface area (Å²) in [5, 5.41) is 2.91. The Kier molecular flexibility index (Phi) is 7.41. The van der Waals surface area contributed by atoms with Gasteiger partial charge in [0.2, 0.25) is 15.9 Å². The molecule has 3 heterocycles. The molecule has 0 bridgehead atoms. The second-order valence-electron chi connectivity index (χ2n) is 8.78. The molecule has 2 aromatic rings. The normalized spacial score (nSPS) is 20.1. The van der Waals surface area contributed by atoms with E-state index in [9.17, 15) is 13.2 Å². The number of anilines is 1. The average molecular weight is 475 g/mol. The summed E-state index contributed by atoms with van der Waals surface area (Å²) in [5.74, 6) is 0.172. The van der Waals surface area contributed by atoms with Gasteiger partial charge in [-0.25, -0.2) is 8.42 Å². The summed E-state index contributed by atoms with van der Waals surface area (Å²) in [6, 6.07) is 9.22. The number of hydrogen-bond donors (Lipinski definition) is 1. The van der Waals surface area contributed by atoms with Crippen molar-refractivity contribution in [2.24, 2.45) is 7.05 Å². The third-order valence-electron chi connectivity index (χ3n) is 6.50. The summed E-state index contributed by atoms with van der Waals surface area (Å²) in [6.07, 6.45) is 6.85. The van der Waals surface area contributed by atoms with Crippen LogP contribution < -0.4 is 10.1 Å². The van der Waals surface area contributed by atoms with Gasteiger partial charge in [0.25, 0.3) is 0 Å². The van der Waals surface area contributed by atoms with Crippen molar-refractivity contribution in [2.45, 2.75) is 50.0 Å². The molecule has 2 aliphatic rings. The number of carbonyl (C=O) groups excluding carboxylic acids is 1. The zero-order chi connectivity index (χ0) is 23.4. The summed E-state index contributed by atoms with van der Waals surface area (Å²) in [6.45, 7) is 4.34. The molecule has 1 aromatic heterocycles. The number of piperidine rings is 1. The van der Waals surface area contributed by atoms with Crippen molar-refractivity contribution in [1.82, 2.24) is 13.8 Å². The van der Waals surface area contributed by atoms with Gasteiger partial charge in [0.05, 0.1) is 19.2 Å². The van der Waals surface area contributed by atoms with E-state index >= 15 is 0 Å². The smallest absolute Gasteiger partial charge is 0.246 e. The van der Waals surface area contributed by atoms with Crippen molar-refractivity contribution in [3.05, 3.63) is 42.2 Å². The molecule has 180 valence electrons. The van der Waals surface area contributed by atoms with Crippen LogP contribution in [0.1, 0.15) is 50.8 Å². The lowest BCUT2D eigenvalue weighted by Crippen LogP contribution is -2.36. The molecular formula is C24H34N4O4S. The number of rotatable bonds is 8. The highest BCUT2D eigenvalue weighted by Crippen LogP contribution is 2.33. The molecule has 0 radical (unpaired) electrons. The number of sulfonamides is 1. The van der Waals surface area contributed by atoms with Crippen molar-refractivity contribution in [2.75, 3.05) is 38.1 Å². The first-order chi connectivity index (χ1) is 15.9. The van der Waals surface area contributed by atoms with Crippen LogP contribution in [0.5, 0.6) is 5.75 Å². The van der Waals surface area contributed by atoms with E-state index in [0.717, 1.165) is 38.6 Å². The number of likely N-dealkylation sites (tertiary alicyclic amines) is 1. The van der Waals surface area contributed by atoms with E-state index < -0.39 is 10.0 Å². The number of carbonyl (C=O) groups is 1. The van der Waals surface area contributed by atoms with Crippen LogP contribution in [0, 0.1) is 0 Å². The maximum atomic E-state index is 13.3. The monoisotopic (exact) mass is 474 g/mol. The predicted molar refractivity (Wildman–Crippen MR) is 128 cm³/mol. The molecule has 9 heteroatoms. The maximum Gasteiger partial charge on any atom is 0.246 e. The maximum absolute atomic E-state index is 13.3. The first-order valence-electron chi connectivity index (χ1n) is 11.8. The zero-order valence-corrected chi connectivity index (χ0v) is 20.3. The van der Waals surface area contributed by atoms with Gasteiger partial charge in [0, 0.05) is 37.7 Å². The summed E-state index contributed by atoms with van der Waals surface area (Å²) in [7, 11) is -1.67. The Hall–Kier alpha value is -2.36. The van der Waals surface area contributed by atoms with E-state index in [4.69, 9.17) is 4.74 Å². The number of hydrogen-bond acceptors (Lipinski definition) is 5. The Morgan fingerprint density at radius 2 is 1.91 bits per heavy atom. The lowest BCUT2D eigenvalue weighted by molar-refractivity contribution is -0.117. The van der Waals surface area contributed by atoms with Crippen molar-refractivity contribution in [1.29, 1.82) is 0 Å². The lowest BCUT2D eigenvalue weighted by atomic mass is 10.1. The molecule has 33 heavy (non-hydrogen) atoms. The largest absolute Gasteiger partial charge is 0.492 e. The van der Waals surface area contributed by atoms with Gasteiger partial charge in [-0.1, -0.05) is 6.42 Å². The Morgan fingerprint density at radius 1 is 1.12 bits per heavy atom. The van der Waals surface area contributed by atoms with Gasteiger partial charge in [-0.2, -0.15) is 4.31 Å². The molecule has 2 fully saturated rings. The van der Waals surface area contributed by atoms with Crippen molar-refractivity contribution < 1.29 is 17.9 Å². The summed E-state index contributed by atoms with van der Waals surface area (Å²) in [4.78, 5) is 15.2. The second-order valence-corrected chi connectivity index (χ2v) is 10.7. The highest BCUT2D eigenvalue weighted by atomic mass is 32.2. The highest BCUT2D eigenvalue weighted by Gasteiger charge is 2.31. The molecule has 1 unspecified atom stereocenters. The number of nitrogens with zero attached hydrogens (tertiary/aromatic N) is 3. The number of aryl methyl sites for hydroxylation is 1. The van der Waals surface area contributed by atoms with Crippen LogP contribution in [0.4, 0.5) is 5.69 Å². The van der Waals surface area contributed by atoms with E-state index in [-0.39, 0.29) is 23.4 Å². The van der Waals surface area contributed by atoms with Gasteiger partial charge >= 0.3 is 0 Å². The Morgan fingerprint density at radius 3 is 2.61 bits per heavy atom. The highest BCUT2D eigenvalue weighted by molar-refractivity contribution is 7.89. The molecule has 4 rings (SSSR count). The van der Waals surface area contributed by atoms with Crippen LogP contribution in [-0.2, 0) is 21.9 Å². The fourth-order valence-electron chi connectivity index (χ4n) is 4.86. The molecule has 0 spiro atoms. The topological polar surface area (TPSA) is 83.9 Å². The fraction of sp³-hybridized carbons (Fsp3) is 0.542. The molecule has 1 amide bonds. The predicted octanol–water partition coefficient (Wildman–Crippen LogP) is 3.37. The minimum atomic E-state index is -3.69. The number of benzene rings is 1. The van der Waals surface area contributed by atoms with E-state index in [2.05, 4.69) is 20.9 Å². The lowest BCUT2D eigenvalue weighted by Gasteiger charge is -2.27. The number of aromatic nitrogens is 1. The molecule has 2 saturated heterocycles. The quantitative estimate of drug-likeness (QED) is 0.634. The molecule has 1 atom stereocenters. The van der Waals surface area contributed by atoms with Crippen molar-refractivity contribution >= 4 is 21.6 Å². The molecule has 8 nitrogen and oxygen atoms in total. The summed E-state index contributed by atoms with van der Waals surface area (Å²) >= 11 is 0. The number of amides is 1. The molecule has 0 saturated carbocycles. The first-order valence-corrected chi connectivity index (χ1v) is 13.3. The van der Waals surface area contributed by atoms with Gasteiger partial charge in [-0.15, -0.1) is 0 Å². The van der Waals surface area contributed by atoms with E-state index in [1.54, 1.807) is 12.1 Å². The van der Waals surface area contributed by atoms with Gasteiger partial charge in [0.1, 0.15) is 10.6 Å². The minimum absolute atomic E-state index is 0.118. The molecule has 1 aromatic carbocycles. The Bertz CT molecular complexity index is 1080. The van der Waals surface area contributed by atoms with E-state index in [1.165, 1.54) is 16.1 Å². The molecule has 1 N–H and O–H groups in total. The van der Waals surface area contributed by atoms with Gasteiger partial charge < -0.3 is 14.6 Å². The van der Waals surface area contributed by atoms with Gasteiger partial charge in [-0.05, 0) is 69.5 Å². The summed E-state index contributed by atoms with van der Waals surface area (Å²) < 4.78 is 35.9. The Labute approximate surface area is 196 Å². The van der Waals surface area contributed by atoms with Crippen LogP contribution in [0.25, 0.3) is 0 Å². The van der Waals surface area contributed by atoms with Crippen LogP contribution in [0.2, 0.25) is 0 Å². The average Bonchev–Trinajstić information content (AvgIpc) is 3.43. The first kappa shape index (κ1) is 23.8. The van der Waals surface area contributed by atoms with Gasteiger partial charge in [-0.3, -0.25) is 9.69 Å². The Balaban J connectivity index is 1.50. The summed E-state index contributed by atoms with van der Waals surface area (Å²) in [5.41, 5.74) is 1.67. The van der Waals surface area contributed by atoms with Crippen molar-refractivity contribution in [3.63, 3.8) is 0 Å². The van der Waals surface area contributed by atoms with Crippen LogP contribution in [0.3, 0.4) is 0 Å². The van der Waals surface area contributed by atoms with Crippen LogP contribution in [0.15, 0.2) is 41.4 Å². The van der Waals surface area contributed by atoms with Gasteiger partial charge in [0.15, 0.2) is 0 Å². The molecular weight excluding hydrogens is 440 g/mol. The molecule has 0 aliphatic carbocycles. The third-order valence-corrected chi connectivity index (χ3v) is 8.42. The second kappa shape index (κ2) is 10.3. The van der Waals surface area contributed by atoms with Crippen LogP contribution in [-0.4, -0.2) is 60.9 Å². The third kappa shape index (κ3) is 5.26. The number of ether oxygens (including phenoxy) is 1. The fourth-order valence-corrected chi connectivity index (χ4v) is 6.54. The van der Waals surface area contributed by atoms with Crippen molar-refractivity contribution in [3.8, 4) is 5.75 Å².